The number of hydrogen-bond donors (Lipinski definition) is 0. The van der Waals surface area contributed by atoms with Crippen LogP contribution in [-0.2, 0) is 19.3 Å². The third-order valence-electron chi connectivity index (χ3n) is 6.61. The zero-order valence-corrected chi connectivity index (χ0v) is 21.9. The summed E-state index contributed by atoms with van der Waals surface area (Å²) in [5.74, 6) is 1.82. The molecule has 182 valence electrons. The van der Waals surface area contributed by atoms with Gasteiger partial charge < -0.3 is 9.47 Å². The first-order chi connectivity index (χ1) is 16.3. The van der Waals surface area contributed by atoms with Crippen LogP contribution < -0.4 is 9.47 Å². The predicted octanol–water partition coefficient (Wildman–Crippen LogP) is 8.69. The number of hydrogen-bond acceptors (Lipinski definition) is 2. The summed E-state index contributed by atoms with van der Waals surface area (Å²) in [5.41, 5.74) is 8.13. The molecule has 0 aromatic heterocycles. The second-order valence-corrected chi connectivity index (χ2v) is 9.97. The van der Waals surface area contributed by atoms with Crippen LogP contribution in [0.4, 0.5) is 0 Å². The van der Waals surface area contributed by atoms with Gasteiger partial charge in [-0.05, 0) is 104 Å². The molecule has 2 nitrogen and oxygen atoms in total. The maximum absolute atomic E-state index is 6.51. The van der Waals surface area contributed by atoms with Crippen molar-refractivity contribution in [3.05, 3.63) is 83.0 Å². The highest BCUT2D eigenvalue weighted by Gasteiger charge is 2.26. The van der Waals surface area contributed by atoms with Crippen LogP contribution >= 0.6 is 0 Å². The molecule has 0 N–H and O–H groups in total. The Morgan fingerprint density at radius 2 is 1.91 bits per heavy atom. The summed E-state index contributed by atoms with van der Waals surface area (Å²) in [6.45, 7) is 19.5. The van der Waals surface area contributed by atoms with Crippen LogP contribution in [0, 0.1) is 6.92 Å². The Kier molecular flexibility index (Phi) is 8.83. The molecule has 0 saturated carbocycles. The van der Waals surface area contributed by atoms with Gasteiger partial charge in [0.25, 0.3) is 0 Å². The molecule has 1 aliphatic heterocycles. The van der Waals surface area contributed by atoms with Crippen LogP contribution in [0.1, 0.15) is 86.8 Å². The van der Waals surface area contributed by atoms with E-state index in [1.807, 2.05) is 6.08 Å². The Bertz CT molecular complexity index is 1060. The number of allylic oxidation sites excluding steroid dienone is 1. The molecular weight excluding hydrogens is 416 g/mol. The quantitative estimate of drug-likeness (QED) is 0.234. The summed E-state index contributed by atoms with van der Waals surface area (Å²) in [7, 11) is 0. The van der Waals surface area contributed by atoms with Gasteiger partial charge in [0.1, 0.15) is 23.7 Å². The molecule has 0 aliphatic carbocycles. The van der Waals surface area contributed by atoms with Crippen LogP contribution in [0.5, 0.6) is 11.5 Å². The lowest BCUT2D eigenvalue weighted by Crippen LogP contribution is -2.28. The van der Waals surface area contributed by atoms with E-state index < -0.39 is 0 Å². The molecule has 0 spiro atoms. The Hall–Kier alpha value is -2.74. The maximum atomic E-state index is 6.51. The number of unbranched alkanes of at least 4 members (excludes halogenated alkanes) is 2. The average Bonchev–Trinajstić information content (AvgIpc) is 2.80. The zero-order valence-electron chi connectivity index (χ0n) is 21.9. The molecule has 0 unspecified atom stereocenters. The highest BCUT2D eigenvalue weighted by molar-refractivity contribution is 5.72. The van der Waals surface area contributed by atoms with Gasteiger partial charge in [-0.1, -0.05) is 57.5 Å². The molecule has 3 rings (SSSR count). The van der Waals surface area contributed by atoms with Crippen LogP contribution in [0.3, 0.4) is 0 Å². The lowest BCUT2D eigenvalue weighted by Gasteiger charge is -2.30. The van der Waals surface area contributed by atoms with Gasteiger partial charge in [0.15, 0.2) is 0 Å². The van der Waals surface area contributed by atoms with Crippen molar-refractivity contribution < 1.29 is 9.47 Å². The maximum Gasteiger partial charge on any atom is 0.134 e. The fourth-order valence-electron chi connectivity index (χ4n) is 4.69. The summed E-state index contributed by atoms with van der Waals surface area (Å²) in [6, 6.07) is 9.01. The molecule has 2 aromatic carbocycles. The predicted molar refractivity (Wildman–Crippen MR) is 147 cm³/mol. The number of benzene rings is 2. The smallest absolute Gasteiger partial charge is 0.134 e. The SMILES string of the molecule is C=CCCc1cc(CCCCC)ccc1C(=C)COc1c2c(cc(C)c1CC)OC(C)(C)C=C2. The van der Waals surface area contributed by atoms with E-state index in [1.165, 1.54) is 47.1 Å². The summed E-state index contributed by atoms with van der Waals surface area (Å²) in [6.07, 6.45) is 14.0. The summed E-state index contributed by atoms with van der Waals surface area (Å²) >= 11 is 0. The highest BCUT2D eigenvalue weighted by atomic mass is 16.5. The molecule has 34 heavy (non-hydrogen) atoms. The van der Waals surface area contributed by atoms with Gasteiger partial charge in [0.05, 0.1) is 5.56 Å². The van der Waals surface area contributed by atoms with E-state index in [0.29, 0.717) is 6.61 Å². The molecule has 0 amide bonds. The third kappa shape index (κ3) is 6.23. The van der Waals surface area contributed by atoms with E-state index in [2.05, 4.69) is 84.2 Å². The van der Waals surface area contributed by atoms with Gasteiger partial charge in [-0.2, -0.15) is 0 Å². The molecule has 0 atom stereocenters. The Morgan fingerprint density at radius 1 is 1.12 bits per heavy atom. The largest absolute Gasteiger partial charge is 0.488 e. The van der Waals surface area contributed by atoms with Crippen molar-refractivity contribution in [1.29, 1.82) is 0 Å². The van der Waals surface area contributed by atoms with Crippen LogP contribution in [0.25, 0.3) is 11.6 Å². The standard InChI is InChI=1S/C32H42O2/c1-8-11-13-14-25-16-17-28(26(21-25)15-12-9-2)24(5)22-33-31-27(10-3)23(4)20-30-29(31)18-19-32(6,7)34-30/h9,16-21H,2,5,8,10-15,22H2,1,3-4,6-7H3. The van der Waals surface area contributed by atoms with Crippen LogP contribution in [0.2, 0.25) is 0 Å². The first kappa shape index (κ1) is 25.9. The third-order valence-corrected chi connectivity index (χ3v) is 6.61. The van der Waals surface area contributed by atoms with E-state index in [0.717, 1.165) is 48.3 Å². The molecule has 0 saturated heterocycles. The normalized spacial score (nSPS) is 13.8. The van der Waals surface area contributed by atoms with Gasteiger partial charge in [-0.25, -0.2) is 0 Å². The Balaban J connectivity index is 1.85. The van der Waals surface area contributed by atoms with Crippen molar-refractivity contribution in [3.8, 4) is 11.5 Å². The lowest BCUT2D eigenvalue weighted by molar-refractivity contribution is 0.158. The van der Waals surface area contributed by atoms with Crippen molar-refractivity contribution in [2.24, 2.45) is 0 Å². The van der Waals surface area contributed by atoms with Gasteiger partial charge in [0.2, 0.25) is 0 Å². The highest BCUT2D eigenvalue weighted by Crippen LogP contribution is 2.41. The van der Waals surface area contributed by atoms with Crippen molar-refractivity contribution in [2.45, 2.75) is 85.2 Å². The second-order valence-electron chi connectivity index (χ2n) is 9.97. The van der Waals surface area contributed by atoms with E-state index in [-0.39, 0.29) is 5.60 Å². The van der Waals surface area contributed by atoms with E-state index >= 15 is 0 Å². The van der Waals surface area contributed by atoms with Crippen LogP contribution in [-0.4, -0.2) is 12.2 Å². The van der Waals surface area contributed by atoms with Gasteiger partial charge >= 0.3 is 0 Å². The lowest BCUT2D eigenvalue weighted by atomic mass is 9.93. The Labute approximate surface area is 207 Å². The second kappa shape index (κ2) is 11.6. The average molecular weight is 459 g/mol. The van der Waals surface area contributed by atoms with E-state index in [1.54, 1.807) is 0 Å². The van der Waals surface area contributed by atoms with Crippen molar-refractivity contribution >= 4 is 11.6 Å². The Morgan fingerprint density at radius 3 is 2.62 bits per heavy atom. The zero-order chi connectivity index (χ0) is 24.7. The number of fused-ring (bicyclic) bond motifs is 1. The summed E-state index contributed by atoms with van der Waals surface area (Å²) < 4.78 is 12.8. The molecule has 0 fully saturated rings. The molecule has 2 aromatic rings. The summed E-state index contributed by atoms with van der Waals surface area (Å²) in [5, 5.41) is 0. The van der Waals surface area contributed by atoms with Gasteiger partial charge in [-0.15, -0.1) is 6.58 Å². The fourth-order valence-corrected chi connectivity index (χ4v) is 4.69. The van der Waals surface area contributed by atoms with Gasteiger partial charge in [0, 0.05) is 0 Å². The monoisotopic (exact) mass is 458 g/mol. The van der Waals surface area contributed by atoms with E-state index in [4.69, 9.17) is 9.47 Å². The van der Waals surface area contributed by atoms with Crippen molar-refractivity contribution in [1.82, 2.24) is 0 Å². The topological polar surface area (TPSA) is 18.5 Å². The van der Waals surface area contributed by atoms with Crippen molar-refractivity contribution in [2.75, 3.05) is 6.61 Å². The minimum absolute atomic E-state index is 0.313. The molecule has 2 heteroatoms. The number of ether oxygens (including phenoxy) is 2. The molecule has 1 aliphatic rings. The number of aryl methyl sites for hydroxylation is 3. The molecule has 0 bridgehead atoms. The van der Waals surface area contributed by atoms with Gasteiger partial charge in [-0.3, -0.25) is 0 Å². The molecule has 1 heterocycles. The first-order valence-electron chi connectivity index (χ1n) is 12.9. The molecular formula is C32H42O2. The fraction of sp³-hybridized carbons (Fsp3) is 0.438. The first-order valence-corrected chi connectivity index (χ1v) is 12.9. The van der Waals surface area contributed by atoms with Crippen LogP contribution in [0.15, 0.2) is 49.6 Å². The minimum Gasteiger partial charge on any atom is -0.488 e. The summed E-state index contributed by atoms with van der Waals surface area (Å²) in [4.78, 5) is 0. The molecule has 0 radical (unpaired) electrons. The number of rotatable bonds is 12. The van der Waals surface area contributed by atoms with Crippen molar-refractivity contribution in [3.63, 3.8) is 0 Å². The minimum atomic E-state index is -0.313. The van der Waals surface area contributed by atoms with E-state index in [9.17, 15) is 0 Å².